The second kappa shape index (κ2) is 21.9. The Hall–Kier alpha value is -2.60. The minimum absolute atomic E-state index is 0. The van der Waals surface area contributed by atoms with Crippen LogP contribution >= 0.6 is 0 Å². The lowest BCUT2D eigenvalue weighted by Gasteiger charge is -2.36. The Morgan fingerprint density at radius 1 is 0.600 bits per heavy atom. The van der Waals surface area contributed by atoms with Crippen molar-refractivity contribution in [2.45, 2.75) is 95.4 Å². The van der Waals surface area contributed by atoms with Crippen molar-refractivity contribution in [2.24, 2.45) is 5.92 Å². The Morgan fingerprint density at radius 3 is 1.29 bits per heavy atom. The highest BCUT2D eigenvalue weighted by Crippen LogP contribution is 2.56. The van der Waals surface area contributed by atoms with Crippen LogP contribution in [0.5, 0.6) is 0 Å². The summed E-state index contributed by atoms with van der Waals surface area (Å²) >= 11 is 0. The van der Waals surface area contributed by atoms with Crippen LogP contribution in [0.15, 0.2) is 91.5 Å². The first-order valence-corrected chi connectivity index (χ1v) is 13.6. The van der Waals surface area contributed by atoms with Crippen molar-refractivity contribution >= 4 is 5.57 Å². The summed E-state index contributed by atoms with van der Waals surface area (Å²) in [6, 6.07) is 30.4. The normalized spacial score (nSPS) is 13.5. The molecule has 0 heteroatoms. The fourth-order valence-corrected chi connectivity index (χ4v) is 4.21. The van der Waals surface area contributed by atoms with Crippen LogP contribution in [0, 0.1) is 5.92 Å². The van der Waals surface area contributed by atoms with Gasteiger partial charge in [-0.05, 0) is 33.7 Å². The largest absolute Gasteiger partial charge is 0.0949 e. The predicted molar refractivity (Wildman–Crippen MR) is 165 cm³/mol. The van der Waals surface area contributed by atoms with Gasteiger partial charge in [-0.25, -0.2) is 0 Å². The lowest BCUT2D eigenvalue weighted by atomic mass is 9.65. The fraction of sp³-hybridized carbons (Fsp3) is 0.429. The zero-order chi connectivity index (χ0) is 26.6. The third-order valence-electron chi connectivity index (χ3n) is 5.33. The van der Waals surface area contributed by atoms with Gasteiger partial charge in [0.25, 0.3) is 0 Å². The highest BCUT2D eigenvalue weighted by molar-refractivity contribution is 5.80. The van der Waals surface area contributed by atoms with E-state index in [4.69, 9.17) is 0 Å². The Morgan fingerprint density at radius 2 is 0.914 bits per heavy atom. The van der Waals surface area contributed by atoms with Gasteiger partial charge in [0.1, 0.15) is 0 Å². The van der Waals surface area contributed by atoms with E-state index in [-0.39, 0.29) is 12.8 Å². The minimum atomic E-state index is -0.157. The average molecular weight is 477 g/mol. The first kappa shape index (κ1) is 37.0. The third-order valence-corrected chi connectivity index (χ3v) is 5.33. The number of allylic oxidation sites excluding steroid dienone is 1. The van der Waals surface area contributed by atoms with Crippen molar-refractivity contribution in [3.05, 3.63) is 114 Å². The molecular formula is C35H56. The molecule has 0 amide bonds. The number of benzene rings is 3. The zero-order valence-electron chi connectivity index (χ0n) is 24.1. The van der Waals surface area contributed by atoms with Crippen molar-refractivity contribution in [3.8, 4) is 0 Å². The minimum Gasteiger partial charge on any atom is -0.0949 e. The van der Waals surface area contributed by atoms with Crippen LogP contribution in [0.2, 0.25) is 0 Å². The summed E-state index contributed by atoms with van der Waals surface area (Å²) in [7, 11) is 0. The lowest BCUT2D eigenvalue weighted by Crippen LogP contribution is -2.32. The maximum Gasteiger partial charge on any atom is 0.0522 e. The molecule has 35 heavy (non-hydrogen) atoms. The summed E-state index contributed by atoms with van der Waals surface area (Å²) < 4.78 is 0. The van der Waals surface area contributed by atoms with Gasteiger partial charge in [-0.1, -0.05) is 182 Å². The summed E-state index contributed by atoms with van der Waals surface area (Å²) in [6.45, 7) is 27.0. The van der Waals surface area contributed by atoms with Crippen LogP contribution in [-0.2, 0) is 5.41 Å². The van der Waals surface area contributed by atoms with Crippen molar-refractivity contribution in [1.29, 1.82) is 0 Å². The Kier molecular flexibility index (Phi) is 23.1. The summed E-state index contributed by atoms with van der Waals surface area (Å²) in [6.07, 6.45) is 1.25. The highest BCUT2D eigenvalue weighted by atomic mass is 14.5. The van der Waals surface area contributed by atoms with Gasteiger partial charge in [-0.3, -0.25) is 0 Å². The van der Waals surface area contributed by atoms with Crippen LogP contribution in [0.3, 0.4) is 0 Å². The van der Waals surface area contributed by atoms with Crippen molar-refractivity contribution < 1.29 is 0 Å². The first-order valence-electron chi connectivity index (χ1n) is 13.6. The summed E-state index contributed by atoms with van der Waals surface area (Å²) in [5.74, 6) is 0.324. The zero-order valence-corrected chi connectivity index (χ0v) is 24.1. The van der Waals surface area contributed by atoms with Crippen LogP contribution in [0.1, 0.15) is 112 Å². The van der Waals surface area contributed by atoms with Crippen LogP contribution in [0.4, 0.5) is 0 Å². The van der Waals surface area contributed by atoms with Crippen molar-refractivity contribution in [1.82, 2.24) is 0 Å². The molecule has 1 aliphatic carbocycles. The van der Waals surface area contributed by atoms with Gasteiger partial charge < -0.3 is 0 Å². The number of rotatable bonds is 2. The van der Waals surface area contributed by atoms with Crippen LogP contribution in [0.25, 0.3) is 5.57 Å². The van der Waals surface area contributed by atoms with E-state index in [1.165, 1.54) is 34.2 Å². The highest BCUT2D eigenvalue weighted by Gasteiger charge is 2.48. The quantitative estimate of drug-likeness (QED) is 0.345. The molecule has 0 aliphatic heterocycles. The van der Waals surface area contributed by atoms with Crippen LogP contribution in [-0.4, -0.2) is 0 Å². The van der Waals surface area contributed by atoms with E-state index in [1.54, 1.807) is 0 Å². The second-order valence-corrected chi connectivity index (χ2v) is 7.04. The van der Waals surface area contributed by atoms with Gasteiger partial charge >= 0.3 is 0 Å². The topological polar surface area (TPSA) is 0 Å². The molecule has 0 heterocycles. The van der Waals surface area contributed by atoms with Crippen LogP contribution < -0.4 is 0 Å². The van der Waals surface area contributed by atoms with E-state index < -0.39 is 0 Å². The smallest absolute Gasteiger partial charge is 0.0522 e. The van der Waals surface area contributed by atoms with Gasteiger partial charge in [0.15, 0.2) is 0 Å². The second-order valence-electron chi connectivity index (χ2n) is 7.04. The molecule has 0 saturated carbocycles. The maximum absolute atomic E-state index is 4.42. The molecule has 0 bridgehead atoms. The van der Waals surface area contributed by atoms with E-state index in [9.17, 15) is 0 Å². The number of hydrogen-bond acceptors (Lipinski definition) is 0. The van der Waals surface area contributed by atoms with E-state index in [0.717, 1.165) is 0 Å². The molecule has 0 fully saturated rings. The van der Waals surface area contributed by atoms with Gasteiger partial charge in [0.2, 0.25) is 0 Å². The Bertz CT molecular complexity index is 819. The van der Waals surface area contributed by atoms with E-state index >= 15 is 0 Å². The monoisotopic (exact) mass is 476 g/mol. The molecule has 1 unspecified atom stereocenters. The molecule has 1 aliphatic rings. The lowest BCUT2D eigenvalue weighted by molar-refractivity contribution is 0.519. The molecule has 0 N–H and O–H groups in total. The van der Waals surface area contributed by atoms with Gasteiger partial charge in [0, 0.05) is 0 Å². The van der Waals surface area contributed by atoms with E-state index in [1.807, 2.05) is 55.4 Å². The SMILES string of the molecule is C.C=C1c2ccccc2C(c2ccccc2)(c2ccccc2)C1C.CC.CC.CC.CC.CCC. The standard InChI is InChI=1S/C23H20.C3H8.4C2H6.CH4/c1-17-18(2)23(19-11-5-3-6-12-19,20-13-7-4-8-14-20)22-16-10-9-15-21(17)22;1-3-2;4*1-2;/h3-16,18H,1H2,2H3;3H2,1-2H3;4*1-2H3;1H4. The molecule has 1 atom stereocenters. The maximum atomic E-state index is 4.42. The van der Waals surface area contributed by atoms with Gasteiger partial charge in [-0.2, -0.15) is 0 Å². The average Bonchev–Trinajstić information content (AvgIpc) is 3.17. The number of fused-ring (bicyclic) bond motifs is 1. The summed E-state index contributed by atoms with van der Waals surface area (Å²) in [5.41, 5.74) is 6.42. The molecule has 3 aromatic rings. The molecule has 3 aromatic carbocycles. The molecule has 0 saturated heterocycles. The molecule has 4 rings (SSSR count). The molecule has 0 aromatic heterocycles. The molecule has 196 valence electrons. The van der Waals surface area contributed by atoms with Crippen molar-refractivity contribution in [3.63, 3.8) is 0 Å². The van der Waals surface area contributed by atoms with E-state index in [0.29, 0.717) is 5.92 Å². The summed E-state index contributed by atoms with van der Waals surface area (Å²) in [5, 5.41) is 0. The molecule has 0 radical (unpaired) electrons. The van der Waals surface area contributed by atoms with Gasteiger partial charge in [-0.15, -0.1) is 0 Å². The van der Waals surface area contributed by atoms with Gasteiger partial charge in [0.05, 0.1) is 5.41 Å². The number of hydrogen-bond donors (Lipinski definition) is 0. The molecule has 0 nitrogen and oxygen atoms in total. The summed E-state index contributed by atoms with van der Waals surface area (Å²) in [4.78, 5) is 0. The predicted octanol–water partition coefficient (Wildman–Crippen LogP) is 11.8. The molecule has 0 spiro atoms. The first-order chi connectivity index (χ1) is 16.7. The van der Waals surface area contributed by atoms with E-state index in [2.05, 4.69) is 112 Å². The Balaban J connectivity index is -0.000000752. The van der Waals surface area contributed by atoms with Crippen molar-refractivity contribution in [2.75, 3.05) is 0 Å². The third kappa shape index (κ3) is 8.53. The fourth-order valence-electron chi connectivity index (χ4n) is 4.21. The molecular weight excluding hydrogens is 420 g/mol. The Labute approximate surface area is 220 Å².